The number of hydrogen-bond donors (Lipinski definition) is 6. The van der Waals surface area contributed by atoms with Gasteiger partial charge in [0, 0.05) is 17.1 Å². The van der Waals surface area contributed by atoms with Crippen molar-refractivity contribution in [1.82, 2.24) is 25.7 Å². The van der Waals surface area contributed by atoms with Crippen LogP contribution in [0.5, 0.6) is 5.75 Å². The lowest BCUT2D eigenvalue weighted by Crippen LogP contribution is -2.71. The Labute approximate surface area is 334 Å². The van der Waals surface area contributed by atoms with E-state index in [4.69, 9.17) is 9.47 Å². The number of phenols is 1. The Kier molecular flexibility index (Phi) is 12.5. The van der Waals surface area contributed by atoms with Crippen molar-refractivity contribution in [3.05, 3.63) is 69.9 Å². The molecule has 0 radical (unpaired) electrons. The third-order valence-electron chi connectivity index (χ3n) is 7.74. The van der Waals surface area contributed by atoms with Crippen LogP contribution in [0.2, 0.25) is 0 Å². The van der Waals surface area contributed by atoms with Gasteiger partial charge in [-0.25, -0.2) is 14.4 Å². The van der Waals surface area contributed by atoms with Gasteiger partial charge in [-0.05, 0) is 89.9 Å². The molecule has 2 aliphatic heterocycles. The van der Waals surface area contributed by atoms with Crippen LogP contribution in [0.4, 0.5) is 21.0 Å². The van der Waals surface area contributed by atoms with Gasteiger partial charge in [-0.3, -0.25) is 29.9 Å². The molecular formula is C36H41N7O10S3. The number of thioether (sulfide) groups is 2. The van der Waals surface area contributed by atoms with E-state index in [9.17, 15) is 39.0 Å². The minimum Gasteiger partial charge on any atom is -0.508 e. The van der Waals surface area contributed by atoms with Crippen molar-refractivity contribution in [2.45, 2.75) is 81.5 Å². The molecule has 56 heavy (non-hydrogen) atoms. The summed E-state index contributed by atoms with van der Waals surface area (Å²) in [7, 11) is 0. The van der Waals surface area contributed by atoms with Gasteiger partial charge in [-0.1, -0.05) is 35.2 Å². The van der Waals surface area contributed by atoms with Crippen LogP contribution in [0, 0.1) is 6.92 Å². The van der Waals surface area contributed by atoms with Crippen molar-refractivity contribution >= 4 is 82.1 Å². The van der Waals surface area contributed by atoms with Crippen LogP contribution in [0.1, 0.15) is 68.5 Å². The van der Waals surface area contributed by atoms with Gasteiger partial charge in [0.25, 0.3) is 11.8 Å². The maximum atomic E-state index is 13.9. The van der Waals surface area contributed by atoms with Crippen LogP contribution >= 0.6 is 34.9 Å². The lowest BCUT2D eigenvalue weighted by Gasteiger charge is -2.49. The number of amides is 5. The standard InChI is InChI=1S/C36H41N7O10S3/c1-17-41-42-34(56-17)55-16-20-15-54-30-25(29(47)43(30)26(20)31(48)49)40-28(46)24(18-8-11-21(44)12-9-18)39-27(45)19-10-13-22(37-32(50)52-35(2,3)4)23(14-19)38-33(51)53-36(5,6)7/h8-14,24-25,30,44H,15-16H2,1-7H3,(H,37,50)(H,38,51)(H,39,45)(H,40,46)(H,48,49)/t24?,25?,30-/m0/s1. The lowest BCUT2D eigenvalue weighted by atomic mass is 10.0. The Morgan fingerprint density at radius 3 is 2.14 bits per heavy atom. The number of nitrogens with one attached hydrogen (secondary N) is 4. The number of carboxylic acid groups (broad SMARTS) is 1. The van der Waals surface area contributed by atoms with Gasteiger partial charge in [0.05, 0.1) is 11.4 Å². The molecule has 3 atom stereocenters. The number of ether oxygens (including phenoxy) is 2. The summed E-state index contributed by atoms with van der Waals surface area (Å²) in [6.07, 6.45) is -1.70. The Morgan fingerprint density at radius 1 is 0.946 bits per heavy atom. The molecular weight excluding hydrogens is 787 g/mol. The van der Waals surface area contributed by atoms with Crippen LogP contribution in [-0.2, 0) is 23.9 Å². The lowest BCUT2D eigenvalue weighted by molar-refractivity contribution is -0.151. The van der Waals surface area contributed by atoms with E-state index >= 15 is 0 Å². The minimum atomic E-state index is -1.41. The number of hydrogen-bond acceptors (Lipinski definition) is 14. The molecule has 0 saturated carbocycles. The summed E-state index contributed by atoms with van der Waals surface area (Å²) in [5, 5.41) is 38.5. The summed E-state index contributed by atoms with van der Waals surface area (Å²) >= 11 is 3.99. The topological polar surface area (TPSA) is 238 Å². The van der Waals surface area contributed by atoms with Crippen molar-refractivity contribution in [1.29, 1.82) is 0 Å². The van der Waals surface area contributed by atoms with Gasteiger partial charge in [0.2, 0.25) is 5.91 Å². The average molecular weight is 828 g/mol. The zero-order valence-electron chi connectivity index (χ0n) is 31.4. The second-order valence-corrected chi connectivity index (χ2v) is 18.1. The van der Waals surface area contributed by atoms with Gasteiger partial charge in [0.1, 0.15) is 45.1 Å². The van der Waals surface area contributed by atoms with E-state index in [1.165, 1.54) is 77.3 Å². The van der Waals surface area contributed by atoms with Gasteiger partial charge in [-0.2, -0.15) is 0 Å². The molecule has 0 aliphatic carbocycles. The summed E-state index contributed by atoms with van der Waals surface area (Å²) in [6.45, 7) is 11.8. The number of phenolic OH excluding ortho intramolecular Hbond substituents is 1. The van der Waals surface area contributed by atoms with E-state index in [-0.39, 0.29) is 45.5 Å². The van der Waals surface area contributed by atoms with Crippen LogP contribution in [0.25, 0.3) is 0 Å². The molecule has 2 aliphatic rings. The highest BCUT2D eigenvalue weighted by Gasteiger charge is 2.54. The number of aryl methyl sites for hydroxylation is 1. The number of aromatic hydroxyl groups is 1. The molecule has 2 unspecified atom stereocenters. The number of benzene rings is 2. The summed E-state index contributed by atoms with van der Waals surface area (Å²) in [6, 6.07) is 6.94. The molecule has 17 nitrogen and oxygen atoms in total. The second kappa shape index (κ2) is 16.8. The quantitative estimate of drug-likeness (QED) is 0.107. The molecule has 1 saturated heterocycles. The summed E-state index contributed by atoms with van der Waals surface area (Å²) in [5.74, 6) is -3.03. The van der Waals surface area contributed by atoms with Crippen LogP contribution in [0.3, 0.4) is 0 Å². The fourth-order valence-corrected chi connectivity index (χ4v) is 8.72. The molecule has 298 valence electrons. The monoisotopic (exact) mass is 827 g/mol. The number of carbonyl (C=O) groups excluding carboxylic acids is 5. The third-order valence-corrected chi connectivity index (χ3v) is 11.1. The second-order valence-electron chi connectivity index (χ2n) is 14.5. The maximum absolute atomic E-state index is 13.9. The molecule has 20 heteroatoms. The Hall–Kier alpha value is -5.34. The third kappa shape index (κ3) is 10.5. The van der Waals surface area contributed by atoms with E-state index in [1.807, 2.05) is 6.92 Å². The van der Waals surface area contributed by atoms with Crippen molar-refractivity contribution < 1.29 is 48.5 Å². The predicted molar refractivity (Wildman–Crippen MR) is 210 cm³/mol. The van der Waals surface area contributed by atoms with Crippen LogP contribution in [0.15, 0.2) is 58.1 Å². The molecule has 1 fully saturated rings. The van der Waals surface area contributed by atoms with Gasteiger partial charge >= 0.3 is 18.2 Å². The zero-order chi connectivity index (χ0) is 41.1. The van der Waals surface area contributed by atoms with E-state index in [1.54, 1.807) is 41.5 Å². The van der Waals surface area contributed by atoms with E-state index < -0.39 is 64.5 Å². The number of anilines is 2. The molecule has 5 rings (SSSR count). The first kappa shape index (κ1) is 41.8. The van der Waals surface area contributed by atoms with Crippen molar-refractivity contribution in [2.75, 3.05) is 22.1 Å². The van der Waals surface area contributed by atoms with Crippen molar-refractivity contribution in [3.8, 4) is 5.75 Å². The van der Waals surface area contributed by atoms with Crippen LogP contribution in [-0.4, -0.2) is 95.3 Å². The molecule has 5 amide bonds. The predicted octanol–water partition coefficient (Wildman–Crippen LogP) is 5.25. The summed E-state index contributed by atoms with van der Waals surface area (Å²) in [5.41, 5.74) is -1.05. The maximum Gasteiger partial charge on any atom is 0.412 e. The number of rotatable bonds is 11. The molecule has 2 aromatic carbocycles. The Balaban J connectivity index is 1.36. The smallest absolute Gasteiger partial charge is 0.412 e. The Morgan fingerprint density at radius 2 is 1.57 bits per heavy atom. The molecule has 6 N–H and O–H groups in total. The highest BCUT2D eigenvalue weighted by molar-refractivity contribution is 8.01. The first-order chi connectivity index (χ1) is 26.2. The van der Waals surface area contributed by atoms with Crippen LogP contribution < -0.4 is 21.3 Å². The molecule has 0 spiro atoms. The van der Waals surface area contributed by atoms with Gasteiger partial charge in [0.15, 0.2) is 4.34 Å². The average Bonchev–Trinajstić information content (AvgIpc) is 3.52. The normalized spacial score (nSPS) is 17.2. The zero-order valence-corrected chi connectivity index (χ0v) is 33.9. The van der Waals surface area contributed by atoms with E-state index in [2.05, 4.69) is 31.5 Å². The summed E-state index contributed by atoms with van der Waals surface area (Å²) in [4.78, 5) is 80.2. The molecule has 3 heterocycles. The van der Waals surface area contributed by atoms with Crippen molar-refractivity contribution in [2.24, 2.45) is 0 Å². The SMILES string of the molecule is Cc1nnc(SCC2=C(C(=O)O)N3C(=O)C(NC(=O)C(NC(=O)c4ccc(NC(=O)OC(C)(C)C)c(NC(=O)OC(C)(C)C)c4)c4ccc(O)cc4)[C@@H]3SC2)s1. The number of nitrogens with zero attached hydrogens (tertiary/aromatic N) is 3. The highest BCUT2D eigenvalue weighted by atomic mass is 32.2. The highest BCUT2D eigenvalue weighted by Crippen LogP contribution is 2.42. The van der Waals surface area contributed by atoms with E-state index in [0.717, 1.165) is 9.91 Å². The number of carboxylic acids is 1. The largest absolute Gasteiger partial charge is 0.508 e. The Bertz CT molecular complexity index is 2080. The molecule has 3 aromatic rings. The van der Waals surface area contributed by atoms with Gasteiger partial charge < -0.3 is 30.3 Å². The number of β-lactam (4-membered cyclic amide) rings is 1. The number of aliphatic carboxylic acids is 1. The van der Waals surface area contributed by atoms with E-state index in [0.29, 0.717) is 9.91 Å². The fraction of sp³-hybridized carbons (Fsp3) is 0.389. The molecule has 0 bridgehead atoms. The minimum absolute atomic E-state index is 0.0173. The number of carbonyl (C=O) groups is 6. The first-order valence-corrected chi connectivity index (χ1v) is 19.9. The fourth-order valence-electron chi connectivity index (χ4n) is 5.42. The number of aromatic nitrogens is 2. The number of fused-ring (bicyclic) bond motifs is 1. The first-order valence-electron chi connectivity index (χ1n) is 17.1. The molecule has 1 aromatic heterocycles. The van der Waals surface area contributed by atoms with Crippen molar-refractivity contribution in [3.63, 3.8) is 0 Å². The van der Waals surface area contributed by atoms with Gasteiger partial charge in [-0.15, -0.1) is 22.0 Å². The summed E-state index contributed by atoms with van der Waals surface area (Å²) < 4.78 is 11.4.